The number of anilines is 1. The molecule has 0 aliphatic carbocycles. The maximum Gasteiger partial charge on any atom is 0.226 e. The summed E-state index contributed by atoms with van der Waals surface area (Å²) in [6, 6.07) is 4.94. The van der Waals surface area contributed by atoms with Crippen molar-refractivity contribution >= 4 is 38.4 Å². The van der Waals surface area contributed by atoms with Crippen LogP contribution in [0.4, 0.5) is 5.95 Å². The second kappa shape index (κ2) is 9.37. The second-order valence-corrected chi connectivity index (χ2v) is 11.3. The van der Waals surface area contributed by atoms with E-state index in [0.29, 0.717) is 50.4 Å². The van der Waals surface area contributed by atoms with Crippen LogP contribution in [0.1, 0.15) is 44.7 Å². The standard InChI is InChI=1S/C24H32N4O4S/c1-4-22(29)18-6-5-11-28(15-18)23(30)17-9-12-27(13-10-17)24-25-16(2)20-8-7-19(33(3,31)32)14-21(20)26-24/h7-8,14,17-18H,4-6,9-13,15H2,1-3H3/t18-/m0/s1. The molecule has 178 valence electrons. The average Bonchev–Trinajstić information content (AvgIpc) is 2.82. The normalized spacial score (nSPS) is 20.3. The Balaban J connectivity index is 1.45. The summed E-state index contributed by atoms with van der Waals surface area (Å²) in [5.74, 6) is 0.929. The molecule has 2 aliphatic heterocycles. The summed E-state index contributed by atoms with van der Waals surface area (Å²) >= 11 is 0. The van der Waals surface area contributed by atoms with E-state index in [2.05, 4.69) is 14.9 Å². The second-order valence-electron chi connectivity index (χ2n) is 9.26. The van der Waals surface area contributed by atoms with Gasteiger partial charge >= 0.3 is 0 Å². The Morgan fingerprint density at radius 2 is 1.79 bits per heavy atom. The lowest BCUT2D eigenvalue weighted by Gasteiger charge is -2.37. The van der Waals surface area contributed by atoms with Crippen LogP contribution in [0.25, 0.3) is 10.9 Å². The van der Waals surface area contributed by atoms with E-state index < -0.39 is 9.84 Å². The molecule has 3 heterocycles. The minimum absolute atomic E-state index is 0.0152. The van der Waals surface area contributed by atoms with E-state index in [4.69, 9.17) is 0 Å². The van der Waals surface area contributed by atoms with Crippen molar-refractivity contribution in [1.82, 2.24) is 14.9 Å². The van der Waals surface area contributed by atoms with Gasteiger partial charge in [-0.2, -0.15) is 0 Å². The summed E-state index contributed by atoms with van der Waals surface area (Å²) in [7, 11) is -3.32. The third kappa shape index (κ3) is 5.03. The number of piperidine rings is 2. The molecule has 8 nitrogen and oxygen atoms in total. The van der Waals surface area contributed by atoms with Gasteiger partial charge in [0.05, 0.1) is 16.1 Å². The van der Waals surface area contributed by atoms with Gasteiger partial charge in [-0.3, -0.25) is 9.59 Å². The molecule has 33 heavy (non-hydrogen) atoms. The van der Waals surface area contributed by atoms with Crippen LogP contribution in [0.3, 0.4) is 0 Å². The van der Waals surface area contributed by atoms with Crippen LogP contribution in [0, 0.1) is 18.8 Å². The molecule has 0 unspecified atom stereocenters. The highest BCUT2D eigenvalue weighted by Crippen LogP contribution is 2.28. The van der Waals surface area contributed by atoms with Crippen LogP contribution in [0.2, 0.25) is 0 Å². The number of sulfone groups is 1. The SMILES string of the molecule is CCC(=O)[C@H]1CCCN(C(=O)C2CCN(c3nc(C)c4ccc(S(C)(=O)=O)cc4n3)CC2)C1. The van der Waals surface area contributed by atoms with Gasteiger partial charge in [0.25, 0.3) is 0 Å². The predicted molar refractivity (Wildman–Crippen MR) is 127 cm³/mol. The molecule has 2 fully saturated rings. The number of ketones is 1. The predicted octanol–water partition coefficient (Wildman–Crippen LogP) is 2.78. The number of fused-ring (bicyclic) bond motifs is 1. The van der Waals surface area contributed by atoms with E-state index in [-0.39, 0.29) is 28.4 Å². The van der Waals surface area contributed by atoms with E-state index in [1.807, 2.05) is 18.7 Å². The van der Waals surface area contributed by atoms with Gasteiger partial charge in [-0.1, -0.05) is 6.92 Å². The summed E-state index contributed by atoms with van der Waals surface area (Å²) in [6.45, 7) is 6.41. The Hall–Kier alpha value is -2.55. The van der Waals surface area contributed by atoms with Gasteiger partial charge in [0, 0.05) is 56.1 Å². The number of aromatic nitrogens is 2. The first-order valence-electron chi connectivity index (χ1n) is 11.7. The lowest BCUT2D eigenvalue weighted by atomic mass is 9.90. The summed E-state index contributed by atoms with van der Waals surface area (Å²) in [6.07, 6.45) is 4.92. The van der Waals surface area contributed by atoms with Crippen molar-refractivity contribution in [1.29, 1.82) is 0 Å². The number of likely N-dealkylation sites (tertiary alicyclic amines) is 1. The van der Waals surface area contributed by atoms with E-state index in [0.717, 1.165) is 30.5 Å². The van der Waals surface area contributed by atoms with E-state index in [9.17, 15) is 18.0 Å². The van der Waals surface area contributed by atoms with Gasteiger partial charge in [-0.05, 0) is 50.8 Å². The number of aryl methyl sites for hydroxylation is 1. The van der Waals surface area contributed by atoms with Gasteiger partial charge in [0.2, 0.25) is 11.9 Å². The quantitative estimate of drug-likeness (QED) is 0.659. The molecule has 1 aromatic carbocycles. The zero-order chi connectivity index (χ0) is 23.8. The summed E-state index contributed by atoms with van der Waals surface area (Å²) in [5.41, 5.74) is 1.41. The Morgan fingerprint density at radius 1 is 1.06 bits per heavy atom. The van der Waals surface area contributed by atoms with Crippen molar-refractivity contribution in [2.24, 2.45) is 11.8 Å². The van der Waals surface area contributed by atoms with Crippen molar-refractivity contribution in [3.05, 3.63) is 23.9 Å². The van der Waals surface area contributed by atoms with Crippen LogP contribution in [-0.4, -0.2) is 67.4 Å². The monoisotopic (exact) mass is 472 g/mol. The van der Waals surface area contributed by atoms with Crippen LogP contribution in [0.5, 0.6) is 0 Å². The zero-order valence-corrected chi connectivity index (χ0v) is 20.4. The summed E-state index contributed by atoms with van der Waals surface area (Å²) < 4.78 is 23.9. The number of nitrogens with zero attached hydrogens (tertiary/aromatic N) is 4. The smallest absolute Gasteiger partial charge is 0.226 e. The first-order valence-corrected chi connectivity index (χ1v) is 13.6. The third-order valence-electron chi connectivity index (χ3n) is 6.94. The first-order chi connectivity index (χ1) is 15.7. The van der Waals surface area contributed by atoms with Crippen molar-refractivity contribution in [3.63, 3.8) is 0 Å². The fourth-order valence-corrected chi connectivity index (χ4v) is 5.58. The molecule has 0 spiro atoms. The minimum Gasteiger partial charge on any atom is -0.342 e. The fourth-order valence-electron chi connectivity index (χ4n) is 4.94. The molecule has 9 heteroatoms. The highest BCUT2D eigenvalue weighted by molar-refractivity contribution is 7.90. The van der Waals surface area contributed by atoms with Gasteiger partial charge in [0.1, 0.15) is 5.78 Å². The van der Waals surface area contributed by atoms with Crippen LogP contribution >= 0.6 is 0 Å². The Morgan fingerprint density at radius 3 is 2.45 bits per heavy atom. The topological polar surface area (TPSA) is 101 Å². The highest BCUT2D eigenvalue weighted by atomic mass is 32.2. The molecule has 4 rings (SSSR count). The number of carbonyl (C=O) groups excluding carboxylic acids is 2. The zero-order valence-electron chi connectivity index (χ0n) is 19.6. The van der Waals surface area contributed by atoms with Crippen molar-refractivity contribution in [3.8, 4) is 0 Å². The summed E-state index contributed by atoms with van der Waals surface area (Å²) in [4.78, 5) is 38.7. The molecule has 1 amide bonds. The molecular formula is C24H32N4O4S. The molecule has 0 radical (unpaired) electrons. The van der Waals surface area contributed by atoms with E-state index in [1.165, 1.54) is 6.26 Å². The number of hydrogen-bond acceptors (Lipinski definition) is 7. The number of rotatable bonds is 5. The molecule has 1 aromatic heterocycles. The Labute approximate surface area is 195 Å². The molecule has 0 saturated carbocycles. The molecule has 1 atom stereocenters. The van der Waals surface area contributed by atoms with Crippen molar-refractivity contribution in [2.45, 2.75) is 50.8 Å². The van der Waals surface area contributed by atoms with Crippen LogP contribution in [0.15, 0.2) is 23.1 Å². The first kappa shape index (κ1) is 23.6. The number of amides is 1. The van der Waals surface area contributed by atoms with Gasteiger partial charge in [0.15, 0.2) is 9.84 Å². The highest BCUT2D eigenvalue weighted by Gasteiger charge is 2.33. The lowest BCUT2D eigenvalue weighted by Crippen LogP contribution is -2.47. The van der Waals surface area contributed by atoms with Crippen molar-refractivity contribution < 1.29 is 18.0 Å². The van der Waals surface area contributed by atoms with Gasteiger partial charge in [-0.15, -0.1) is 0 Å². The molecular weight excluding hydrogens is 440 g/mol. The Kier molecular flexibility index (Phi) is 6.70. The van der Waals surface area contributed by atoms with Crippen molar-refractivity contribution in [2.75, 3.05) is 37.3 Å². The van der Waals surface area contributed by atoms with E-state index >= 15 is 0 Å². The maximum absolute atomic E-state index is 13.1. The third-order valence-corrected chi connectivity index (χ3v) is 8.05. The lowest BCUT2D eigenvalue weighted by molar-refractivity contribution is -0.139. The molecule has 0 bridgehead atoms. The fraction of sp³-hybridized carbons (Fsp3) is 0.583. The molecule has 2 saturated heterocycles. The average molecular weight is 473 g/mol. The van der Waals surface area contributed by atoms with Gasteiger partial charge < -0.3 is 9.80 Å². The number of benzene rings is 1. The van der Waals surface area contributed by atoms with Gasteiger partial charge in [-0.25, -0.2) is 18.4 Å². The van der Waals surface area contributed by atoms with E-state index in [1.54, 1.807) is 18.2 Å². The largest absolute Gasteiger partial charge is 0.342 e. The number of Topliss-reactive ketones (excluding diaryl/α,β-unsaturated/α-hetero) is 1. The Bertz CT molecular complexity index is 1170. The number of hydrogen-bond donors (Lipinski definition) is 0. The maximum atomic E-state index is 13.1. The summed E-state index contributed by atoms with van der Waals surface area (Å²) in [5, 5.41) is 0.831. The molecule has 0 N–H and O–H groups in total. The molecule has 2 aliphatic rings. The molecule has 2 aromatic rings. The van der Waals surface area contributed by atoms with Crippen LogP contribution < -0.4 is 4.90 Å². The number of carbonyl (C=O) groups is 2. The minimum atomic E-state index is -3.32. The van der Waals surface area contributed by atoms with Crippen LogP contribution in [-0.2, 0) is 19.4 Å².